The number of rotatable bonds is 3. The molecule has 1 aliphatic rings. The van der Waals surface area contributed by atoms with E-state index >= 15 is 0 Å². The van der Waals surface area contributed by atoms with Crippen molar-refractivity contribution in [2.75, 3.05) is 22.5 Å². The first-order valence-corrected chi connectivity index (χ1v) is 7.62. The Bertz CT molecular complexity index is 787. The molecule has 0 atom stereocenters. The Balaban J connectivity index is 1.87. The van der Waals surface area contributed by atoms with E-state index in [1.54, 1.807) is 44.2 Å². The number of nitrogens with two attached hydrogens (primary N) is 1. The van der Waals surface area contributed by atoms with Gasteiger partial charge in [-0.3, -0.25) is 14.5 Å². The van der Waals surface area contributed by atoms with Gasteiger partial charge in [0, 0.05) is 11.4 Å². The first-order chi connectivity index (χ1) is 11.4. The Morgan fingerprint density at radius 1 is 1.21 bits per heavy atom. The summed E-state index contributed by atoms with van der Waals surface area (Å²) in [5, 5.41) is 2.78. The van der Waals surface area contributed by atoms with Crippen LogP contribution in [0.1, 0.15) is 13.8 Å². The van der Waals surface area contributed by atoms with Crippen LogP contribution in [0.3, 0.4) is 0 Å². The van der Waals surface area contributed by atoms with Crippen LogP contribution in [-0.2, 0) is 9.59 Å². The molecule has 0 unspecified atom stereocenters. The average molecular weight is 325 g/mol. The van der Waals surface area contributed by atoms with Crippen molar-refractivity contribution in [3.05, 3.63) is 48.5 Å². The summed E-state index contributed by atoms with van der Waals surface area (Å²) in [6.45, 7) is 3.24. The standard InChI is InChI=1S/C18H19N3O3/c1-18(2)17(23)21(14-10-12(19)8-9-15(14)24-18)11-16(22)20-13-6-4-3-5-7-13/h3-10H,11,19H2,1-2H3,(H,20,22). The second-order valence-corrected chi connectivity index (χ2v) is 6.15. The van der Waals surface area contributed by atoms with Crippen molar-refractivity contribution in [2.45, 2.75) is 19.4 Å². The van der Waals surface area contributed by atoms with E-state index in [0.29, 0.717) is 22.8 Å². The maximum Gasteiger partial charge on any atom is 0.271 e. The number of carbonyl (C=O) groups is 2. The van der Waals surface area contributed by atoms with Crippen LogP contribution in [0.25, 0.3) is 0 Å². The number of carbonyl (C=O) groups excluding carboxylic acids is 2. The van der Waals surface area contributed by atoms with Gasteiger partial charge in [-0.15, -0.1) is 0 Å². The smallest absolute Gasteiger partial charge is 0.271 e. The van der Waals surface area contributed by atoms with Crippen molar-refractivity contribution in [3.8, 4) is 5.75 Å². The number of nitrogens with zero attached hydrogens (tertiary/aromatic N) is 1. The van der Waals surface area contributed by atoms with E-state index in [4.69, 9.17) is 10.5 Å². The number of nitrogens with one attached hydrogen (secondary N) is 1. The summed E-state index contributed by atoms with van der Waals surface area (Å²) >= 11 is 0. The van der Waals surface area contributed by atoms with Crippen molar-refractivity contribution in [2.24, 2.45) is 0 Å². The van der Waals surface area contributed by atoms with Crippen molar-refractivity contribution < 1.29 is 14.3 Å². The van der Waals surface area contributed by atoms with Gasteiger partial charge >= 0.3 is 0 Å². The number of nitrogen functional groups attached to an aromatic ring is 1. The van der Waals surface area contributed by atoms with Crippen LogP contribution in [0.15, 0.2) is 48.5 Å². The zero-order valence-corrected chi connectivity index (χ0v) is 13.6. The van der Waals surface area contributed by atoms with E-state index in [-0.39, 0.29) is 18.4 Å². The van der Waals surface area contributed by atoms with Gasteiger partial charge in [-0.1, -0.05) is 18.2 Å². The molecule has 0 bridgehead atoms. The molecule has 0 aromatic heterocycles. The Hall–Kier alpha value is -3.02. The van der Waals surface area contributed by atoms with Crippen molar-refractivity contribution >= 4 is 28.9 Å². The van der Waals surface area contributed by atoms with Crippen LogP contribution in [0.2, 0.25) is 0 Å². The molecule has 24 heavy (non-hydrogen) atoms. The summed E-state index contributed by atoms with van der Waals surface area (Å²) in [5.74, 6) is -0.0502. The fraction of sp³-hybridized carbons (Fsp3) is 0.222. The molecule has 3 rings (SSSR count). The Labute approximate surface area is 140 Å². The normalized spacial score (nSPS) is 15.4. The Morgan fingerprint density at radius 2 is 1.92 bits per heavy atom. The van der Waals surface area contributed by atoms with Crippen LogP contribution in [0.5, 0.6) is 5.75 Å². The summed E-state index contributed by atoms with van der Waals surface area (Å²) in [5.41, 5.74) is 6.45. The molecule has 6 nitrogen and oxygen atoms in total. The maximum atomic E-state index is 12.7. The first kappa shape index (κ1) is 15.9. The quantitative estimate of drug-likeness (QED) is 0.849. The molecular formula is C18H19N3O3. The van der Waals surface area contributed by atoms with Crippen molar-refractivity contribution in [3.63, 3.8) is 0 Å². The number of ether oxygens (including phenoxy) is 1. The second kappa shape index (κ2) is 5.88. The minimum atomic E-state index is -1.05. The van der Waals surface area contributed by atoms with E-state index in [1.807, 2.05) is 18.2 Å². The van der Waals surface area contributed by atoms with Crippen molar-refractivity contribution in [1.29, 1.82) is 0 Å². The topological polar surface area (TPSA) is 84.7 Å². The highest BCUT2D eigenvalue weighted by atomic mass is 16.5. The van der Waals surface area contributed by atoms with Gasteiger partial charge in [0.2, 0.25) is 5.91 Å². The molecule has 1 heterocycles. The third-order valence-corrected chi connectivity index (χ3v) is 3.76. The molecule has 6 heteroatoms. The van der Waals surface area contributed by atoms with E-state index < -0.39 is 5.60 Å². The number of fused-ring (bicyclic) bond motifs is 1. The zero-order valence-electron chi connectivity index (χ0n) is 13.6. The Kier molecular flexibility index (Phi) is 3.89. The number of para-hydroxylation sites is 1. The molecule has 2 aromatic carbocycles. The summed E-state index contributed by atoms with van der Waals surface area (Å²) in [4.78, 5) is 26.5. The number of hydrogen-bond donors (Lipinski definition) is 2. The Morgan fingerprint density at radius 3 is 2.62 bits per heavy atom. The lowest BCUT2D eigenvalue weighted by molar-refractivity contribution is -0.133. The molecule has 2 amide bonds. The van der Waals surface area contributed by atoms with Gasteiger partial charge in [0.1, 0.15) is 12.3 Å². The molecule has 0 saturated carbocycles. The van der Waals surface area contributed by atoms with Crippen LogP contribution in [0.4, 0.5) is 17.1 Å². The lowest BCUT2D eigenvalue weighted by atomic mass is 10.0. The number of benzene rings is 2. The van der Waals surface area contributed by atoms with Crippen LogP contribution < -0.4 is 20.7 Å². The maximum absolute atomic E-state index is 12.7. The predicted molar refractivity (Wildman–Crippen MR) is 93.0 cm³/mol. The van der Waals surface area contributed by atoms with E-state index in [9.17, 15) is 9.59 Å². The molecule has 0 aliphatic carbocycles. The van der Waals surface area contributed by atoms with E-state index in [1.165, 1.54) is 4.90 Å². The van der Waals surface area contributed by atoms with Crippen LogP contribution in [-0.4, -0.2) is 24.0 Å². The van der Waals surface area contributed by atoms with E-state index in [2.05, 4.69) is 5.32 Å². The molecular weight excluding hydrogens is 306 g/mol. The number of hydrogen-bond acceptors (Lipinski definition) is 4. The summed E-state index contributed by atoms with van der Waals surface area (Å²) in [6, 6.07) is 14.1. The summed E-state index contributed by atoms with van der Waals surface area (Å²) in [6.07, 6.45) is 0. The minimum Gasteiger partial charge on any atom is -0.476 e. The van der Waals surface area contributed by atoms with Crippen LogP contribution in [0, 0.1) is 0 Å². The predicted octanol–water partition coefficient (Wildman–Crippen LogP) is 2.41. The van der Waals surface area contributed by atoms with Gasteiger partial charge in [-0.2, -0.15) is 0 Å². The van der Waals surface area contributed by atoms with Gasteiger partial charge < -0.3 is 15.8 Å². The van der Waals surface area contributed by atoms with Gasteiger partial charge in [-0.25, -0.2) is 0 Å². The number of amides is 2. The fourth-order valence-corrected chi connectivity index (χ4v) is 2.61. The van der Waals surface area contributed by atoms with Gasteiger partial charge in [0.05, 0.1) is 5.69 Å². The lowest BCUT2D eigenvalue weighted by Crippen LogP contribution is -2.54. The molecule has 124 valence electrons. The summed E-state index contributed by atoms with van der Waals surface area (Å²) < 4.78 is 5.74. The van der Waals surface area contributed by atoms with E-state index in [0.717, 1.165) is 0 Å². The lowest BCUT2D eigenvalue weighted by Gasteiger charge is -2.38. The first-order valence-electron chi connectivity index (χ1n) is 7.62. The second-order valence-electron chi connectivity index (χ2n) is 6.15. The van der Waals surface area contributed by atoms with Gasteiger partial charge in [-0.05, 0) is 44.2 Å². The molecule has 0 fully saturated rings. The third kappa shape index (κ3) is 3.03. The zero-order chi connectivity index (χ0) is 17.3. The highest BCUT2D eigenvalue weighted by Gasteiger charge is 2.41. The molecule has 0 saturated heterocycles. The third-order valence-electron chi connectivity index (χ3n) is 3.76. The summed E-state index contributed by atoms with van der Waals surface area (Å²) in [7, 11) is 0. The average Bonchev–Trinajstić information content (AvgIpc) is 2.53. The molecule has 3 N–H and O–H groups in total. The highest BCUT2D eigenvalue weighted by Crippen LogP contribution is 2.38. The molecule has 0 radical (unpaired) electrons. The van der Waals surface area contributed by atoms with Crippen LogP contribution >= 0.6 is 0 Å². The largest absolute Gasteiger partial charge is 0.476 e. The fourth-order valence-electron chi connectivity index (χ4n) is 2.61. The molecule has 2 aromatic rings. The highest BCUT2D eigenvalue weighted by molar-refractivity contribution is 6.08. The monoisotopic (exact) mass is 325 g/mol. The van der Waals surface area contributed by atoms with Crippen molar-refractivity contribution in [1.82, 2.24) is 0 Å². The minimum absolute atomic E-state index is 0.114. The molecule has 0 spiro atoms. The van der Waals surface area contributed by atoms with Gasteiger partial charge in [0.25, 0.3) is 5.91 Å². The SMILES string of the molecule is CC1(C)Oc2ccc(N)cc2N(CC(=O)Nc2ccccc2)C1=O. The van der Waals surface area contributed by atoms with Gasteiger partial charge in [0.15, 0.2) is 5.60 Å². The molecule has 1 aliphatic heterocycles. The number of anilines is 3.